The van der Waals surface area contributed by atoms with E-state index in [-0.39, 0.29) is 41.6 Å². The van der Waals surface area contributed by atoms with Crippen LogP contribution in [-0.4, -0.2) is 82.2 Å². The molecule has 0 unspecified atom stereocenters. The molecule has 0 aliphatic carbocycles. The highest BCUT2D eigenvalue weighted by Crippen LogP contribution is 2.35. The maximum atomic E-state index is 13.4. The zero-order valence-electron chi connectivity index (χ0n) is 20.4. The van der Waals surface area contributed by atoms with Gasteiger partial charge in [0.2, 0.25) is 20.0 Å². The van der Waals surface area contributed by atoms with E-state index in [0.29, 0.717) is 0 Å². The summed E-state index contributed by atoms with van der Waals surface area (Å²) < 4.78 is 73.1. The Hall–Kier alpha value is -2.74. The molecule has 1 aliphatic rings. The molecule has 1 heterocycles. The lowest BCUT2D eigenvalue weighted by molar-refractivity contribution is 0.0389. The second-order valence-electron chi connectivity index (χ2n) is 8.92. The molecule has 1 aliphatic heterocycles. The van der Waals surface area contributed by atoms with Crippen LogP contribution in [0, 0.1) is 11.7 Å². The minimum absolute atomic E-state index is 0.0306. The monoisotopic (exact) mass is 543 g/mol. The van der Waals surface area contributed by atoms with Gasteiger partial charge in [-0.2, -0.15) is 4.31 Å². The molecule has 0 saturated heterocycles. The van der Waals surface area contributed by atoms with Crippen molar-refractivity contribution < 1.29 is 35.9 Å². The Morgan fingerprint density at radius 1 is 1.19 bits per heavy atom. The molecule has 3 atom stereocenters. The maximum absolute atomic E-state index is 13.4. The van der Waals surface area contributed by atoms with E-state index in [0.717, 1.165) is 34.8 Å². The molecule has 13 heteroatoms. The third-order valence-electron chi connectivity index (χ3n) is 5.95. The Kier molecular flexibility index (Phi) is 8.28. The second-order valence-corrected chi connectivity index (χ2v) is 12.7. The standard InChI is InChI=1S/C23H30FN3O7S2/c1-15-12-27(16(2)14-28)23(29)19-6-5-7-20(25-35(4,30)31)22(19)34-21(15)13-26(3)36(32,33)18-10-8-17(24)9-11-18/h5-11,15-16,21,25,28H,12-14H2,1-4H3/t15-,16-,21+/m1/s1. The van der Waals surface area contributed by atoms with E-state index in [1.165, 1.54) is 30.1 Å². The molecule has 0 spiro atoms. The van der Waals surface area contributed by atoms with E-state index in [4.69, 9.17) is 4.74 Å². The molecular weight excluding hydrogens is 513 g/mol. The Morgan fingerprint density at radius 3 is 2.42 bits per heavy atom. The Balaban J connectivity index is 2.05. The summed E-state index contributed by atoms with van der Waals surface area (Å²) in [6.07, 6.45) is 0.147. The van der Waals surface area contributed by atoms with Gasteiger partial charge in [-0.3, -0.25) is 9.52 Å². The van der Waals surface area contributed by atoms with Crippen molar-refractivity contribution in [1.82, 2.24) is 9.21 Å². The largest absolute Gasteiger partial charge is 0.486 e. The average molecular weight is 544 g/mol. The van der Waals surface area contributed by atoms with Crippen LogP contribution < -0.4 is 9.46 Å². The third kappa shape index (κ3) is 6.14. The first-order valence-electron chi connectivity index (χ1n) is 11.2. The summed E-state index contributed by atoms with van der Waals surface area (Å²) in [6.45, 7) is 3.14. The number of aliphatic hydroxyl groups is 1. The van der Waals surface area contributed by atoms with Gasteiger partial charge < -0.3 is 14.7 Å². The predicted octanol–water partition coefficient (Wildman–Crippen LogP) is 1.74. The van der Waals surface area contributed by atoms with Gasteiger partial charge in [-0.25, -0.2) is 21.2 Å². The Bertz CT molecular complexity index is 1320. The number of anilines is 1. The number of carbonyl (C=O) groups is 1. The van der Waals surface area contributed by atoms with Gasteiger partial charge >= 0.3 is 0 Å². The number of carbonyl (C=O) groups excluding carboxylic acids is 1. The van der Waals surface area contributed by atoms with Crippen LogP contribution in [0.15, 0.2) is 47.4 Å². The highest BCUT2D eigenvalue weighted by atomic mass is 32.2. The van der Waals surface area contributed by atoms with Crippen molar-refractivity contribution in [2.75, 3.05) is 37.7 Å². The number of ether oxygens (including phenoxy) is 1. The molecule has 0 saturated carbocycles. The van der Waals surface area contributed by atoms with Crippen molar-refractivity contribution in [2.24, 2.45) is 5.92 Å². The molecule has 0 aromatic heterocycles. The number of amides is 1. The van der Waals surface area contributed by atoms with Crippen molar-refractivity contribution in [3.05, 3.63) is 53.8 Å². The maximum Gasteiger partial charge on any atom is 0.258 e. The first-order chi connectivity index (χ1) is 16.7. The lowest BCUT2D eigenvalue weighted by atomic mass is 9.99. The number of sulfonamides is 2. The molecule has 10 nitrogen and oxygen atoms in total. The number of halogens is 1. The van der Waals surface area contributed by atoms with Crippen molar-refractivity contribution >= 4 is 31.6 Å². The number of hydrogen-bond acceptors (Lipinski definition) is 7. The van der Waals surface area contributed by atoms with Crippen LogP contribution in [0.3, 0.4) is 0 Å². The van der Waals surface area contributed by atoms with E-state index in [9.17, 15) is 31.1 Å². The lowest BCUT2D eigenvalue weighted by Gasteiger charge is -2.38. The second kappa shape index (κ2) is 10.7. The molecule has 0 radical (unpaired) electrons. The fraction of sp³-hybridized carbons (Fsp3) is 0.435. The summed E-state index contributed by atoms with van der Waals surface area (Å²) in [7, 11) is -6.38. The number of nitrogens with one attached hydrogen (secondary N) is 1. The van der Waals surface area contributed by atoms with Crippen LogP contribution >= 0.6 is 0 Å². The van der Waals surface area contributed by atoms with Crippen LogP contribution in [0.4, 0.5) is 10.1 Å². The van der Waals surface area contributed by atoms with Crippen LogP contribution in [-0.2, 0) is 20.0 Å². The van der Waals surface area contributed by atoms with Crippen LogP contribution in [0.5, 0.6) is 5.75 Å². The molecule has 36 heavy (non-hydrogen) atoms. The fourth-order valence-electron chi connectivity index (χ4n) is 3.88. The SMILES string of the molecule is C[C@@H]1CN([C@H](C)CO)C(=O)c2cccc(NS(C)(=O)=O)c2O[C@H]1CN(C)S(=O)(=O)c1ccc(F)cc1. The summed E-state index contributed by atoms with van der Waals surface area (Å²) in [6, 6.07) is 8.29. The molecule has 2 aromatic carbocycles. The molecule has 3 rings (SSSR count). The van der Waals surface area contributed by atoms with Gasteiger partial charge in [0.05, 0.1) is 41.6 Å². The molecule has 1 amide bonds. The minimum atomic E-state index is -4.01. The molecule has 0 fully saturated rings. The molecule has 2 N–H and O–H groups in total. The summed E-state index contributed by atoms with van der Waals surface area (Å²) in [5.74, 6) is -1.49. The smallest absolute Gasteiger partial charge is 0.258 e. The molecule has 2 aromatic rings. The van der Waals surface area contributed by atoms with E-state index >= 15 is 0 Å². The number of hydrogen-bond donors (Lipinski definition) is 2. The van der Waals surface area contributed by atoms with E-state index in [2.05, 4.69) is 4.72 Å². The van der Waals surface area contributed by atoms with Crippen LogP contribution in [0.25, 0.3) is 0 Å². The minimum Gasteiger partial charge on any atom is -0.486 e. The summed E-state index contributed by atoms with van der Waals surface area (Å²) in [5.41, 5.74) is 0.105. The van der Waals surface area contributed by atoms with Crippen molar-refractivity contribution in [3.63, 3.8) is 0 Å². The van der Waals surface area contributed by atoms with Crippen LogP contribution in [0.1, 0.15) is 24.2 Å². The number of nitrogens with zero attached hydrogens (tertiary/aromatic N) is 2. The average Bonchev–Trinajstić information content (AvgIpc) is 2.80. The Labute approximate surface area is 210 Å². The van der Waals surface area contributed by atoms with Crippen LogP contribution in [0.2, 0.25) is 0 Å². The first-order valence-corrected chi connectivity index (χ1v) is 14.5. The Morgan fingerprint density at radius 2 is 1.83 bits per heavy atom. The summed E-state index contributed by atoms with van der Waals surface area (Å²) in [4.78, 5) is 14.7. The van der Waals surface area contributed by atoms with E-state index < -0.39 is 49.8 Å². The number of para-hydroxylation sites is 1. The van der Waals surface area contributed by atoms with Gasteiger partial charge in [-0.15, -0.1) is 0 Å². The van der Waals surface area contributed by atoms with Crippen molar-refractivity contribution in [2.45, 2.75) is 30.9 Å². The number of aliphatic hydroxyl groups excluding tert-OH is 1. The number of benzene rings is 2. The zero-order valence-corrected chi connectivity index (χ0v) is 22.0. The summed E-state index contributed by atoms with van der Waals surface area (Å²) in [5, 5.41) is 9.74. The number of likely N-dealkylation sites (N-methyl/N-ethyl adjacent to an activating group) is 1. The number of fused-ring (bicyclic) bond motifs is 1. The number of rotatable bonds is 8. The van der Waals surface area contributed by atoms with Gasteiger partial charge in [0.25, 0.3) is 5.91 Å². The van der Waals surface area contributed by atoms with Gasteiger partial charge in [0, 0.05) is 19.5 Å². The fourth-order valence-corrected chi connectivity index (χ4v) is 5.62. The van der Waals surface area contributed by atoms with Crippen molar-refractivity contribution in [1.29, 1.82) is 0 Å². The van der Waals surface area contributed by atoms with Crippen molar-refractivity contribution in [3.8, 4) is 5.75 Å². The lowest BCUT2D eigenvalue weighted by Crippen LogP contribution is -2.50. The van der Waals surface area contributed by atoms with Gasteiger partial charge in [-0.1, -0.05) is 13.0 Å². The highest BCUT2D eigenvalue weighted by molar-refractivity contribution is 7.92. The highest BCUT2D eigenvalue weighted by Gasteiger charge is 2.36. The predicted molar refractivity (Wildman–Crippen MR) is 132 cm³/mol. The van der Waals surface area contributed by atoms with E-state index in [1.54, 1.807) is 13.8 Å². The molecule has 198 valence electrons. The quantitative estimate of drug-likeness (QED) is 0.518. The van der Waals surface area contributed by atoms with Gasteiger partial charge in [0.1, 0.15) is 11.9 Å². The third-order valence-corrected chi connectivity index (χ3v) is 8.37. The van der Waals surface area contributed by atoms with Gasteiger partial charge in [-0.05, 0) is 43.3 Å². The first kappa shape index (κ1) is 27.8. The van der Waals surface area contributed by atoms with Gasteiger partial charge in [0.15, 0.2) is 5.75 Å². The molecule has 0 bridgehead atoms. The normalized spacial score (nSPS) is 19.8. The summed E-state index contributed by atoms with van der Waals surface area (Å²) >= 11 is 0. The molecular formula is C23H30FN3O7S2. The zero-order chi connectivity index (χ0) is 26.8. The topological polar surface area (TPSA) is 133 Å². The van der Waals surface area contributed by atoms with E-state index in [1.807, 2.05) is 0 Å².